The molecule has 0 aliphatic heterocycles. The molecule has 0 radical (unpaired) electrons. The Morgan fingerprint density at radius 3 is 2.61 bits per heavy atom. The van der Waals surface area contributed by atoms with Gasteiger partial charge in [-0.15, -0.1) is 0 Å². The number of hydrogen-bond acceptors (Lipinski definition) is 2. The van der Waals surface area contributed by atoms with Crippen molar-refractivity contribution in [3.05, 3.63) is 35.4 Å². The predicted octanol–water partition coefficient (Wildman–Crippen LogP) is 2.10. The number of halogens is 2. The highest BCUT2D eigenvalue weighted by molar-refractivity contribution is 7.80. The molecule has 0 atom stereocenters. The van der Waals surface area contributed by atoms with Crippen molar-refractivity contribution in [2.24, 2.45) is 5.73 Å². The van der Waals surface area contributed by atoms with Crippen LogP contribution in [-0.2, 0) is 0 Å². The number of amides is 1. The van der Waals surface area contributed by atoms with Crippen LogP contribution in [0.25, 0.3) is 0 Å². The molecule has 98 valence electrons. The molecule has 1 aromatic carbocycles. The lowest BCUT2D eigenvalue weighted by Gasteiger charge is -2.21. The molecule has 1 amide bonds. The fraction of sp³-hybridized carbons (Fsp3) is 0.333. The van der Waals surface area contributed by atoms with Gasteiger partial charge in [-0.25, -0.2) is 8.78 Å². The van der Waals surface area contributed by atoms with Crippen LogP contribution in [0.4, 0.5) is 8.78 Å². The molecule has 0 bridgehead atoms. The van der Waals surface area contributed by atoms with Gasteiger partial charge in [0.1, 0.15) is 11.6 Å². The molecule has 6 heteroatoms. The molecule has 0 saturated heterocycles. The Kier molecular flexibility index (Phi) is 5.15. The van der Waals surface area contributed by atoms with Crippen molar-refractivity contribution in [3.63, 3.8) is 0 Å². The van der Waals surface area contributed by atoms with Crippen molar-refractivity contribution in [1.82, 2.24) is 4.90 Å². The topological polar surface area (TPSA) is 46.3 Å². The summed E-state index contributed by atoms with van der Waals surface area (Å²) in [6, 6.07) is 2.84. The van der Waals surface area contributed by atoms with Crippen molar-refractivity contribution in [1.29, 1.82) is 0 Å². The van der Waals surface area contributed by atoms with E-state index in [4.69, 9.17) is 18.0 Å². The monoisotopic (exact) mass is 272 g/mol. The Balaban J connectivity index is 2.97. The second kappa shape index (κ2) is 6.39. The Morgan fingerprint density at radius 1 is 1.44 bits per heavy atom. The quantitative estimate of drug-likeness (QED) is 0.835. The number of nitrogens with two attached hydrogens (primary N) is 1. The molecule has 0 spiro atoms. The van der Waals surface area contributed by atoms with Gasteiger partial charge in [0.25, 0.3) is 5.91 Å². The second-order valence-electron chi connectivity index (χ2n) is 3.82. The zero-order valence-electron chi connectivity index (χ0n) is 9.95. The van der Waals surface area contributed by atoms with E-state index in [-0.39, 0.29) is 17.1 Å². The number of nitrogens with zero attached hydrogens (tertiary/aromatic N) is 1. The summed E-state index contributed by atoms with van der Waals surface area (Å²) in [5.74, 6) is -2.15. The summed E-state index contributed by atoms with van der Waals surface area (Å²) in [6.07, 6.45) is 0.692. The lowest BCUT2D eigenvalue weighted by atomic mass is 10.1. The summed E-state index contributed by atoms with van der Waals surface area (Å²) in [4.78, 5) is 13.5. The first-order chi connectivity index (χ1) is 8.45. The number of carbonyl (C=O) groups is 1. The molecule has 0 fully saturated rings. The van der Waals surface area contributed by atoms with Gasteiger partial charge in [0.05, 0.1) is 17.1 Å². The maximum Gasteiger partial charge on any atom is 0.257 e. The Hall–Kier alpha value is -1.56. The van der Waals surface area contributed by atoms with Gasteiger partial charge in [0.15, 0.2) is 0 Å². The molecular formula is C12H14F2N2OS. The van der Waals surface area contributed by atoms with E-state index in [1.165, 1.54) is 4.90 Å². The SMILES string of the molecule is CCCN(CC(N)=S)C(=O)c1ccc(F)cc1F. The van der Waals surface area contributed by atoms with Gasteiger partial charge in [-0.2, -0.15) is 0 Å². The molecule has 18 heavy (non-hydrogen) atoms. The van der Waals surface area contributed by atoms with Crippen molar-refractivity contribution in [2.75, 3.05) is 13.1 Å². The molecule has 1 aromatic rings. The van der Waals surface area contributed by atoms with Crippen LogP contribution in [-0.4, -0.2) is 28.9 Å². The van der Waals surface area contributed by atoms with E-state index in [1.54, 1.807) is 0 Å². The summed E-state index contributed by atoms with van der Waals surface area (Å²) >= 11 is 4.74. The van der Waals surface area contributed by atoms with E-state index in [9.17, 15) is 13.6 Å². The summed E-state index contributed by atoms with van der Waals surface area (Å²) < 4.78 is 26.3. The zero-order chi connectivity index (χ0) is 13.7. The van der Waals surface area contributed by atoms with Crippen LogP contribution in [0.1, 0.15) is 23.7 Å². The summed E-state index contributed by atoms with van der Waals surface area (Å²) in [5, 5.41) is 0. The van der Waals surface area contributed by atoms with Crippen LogP contribution < -0.4 is 5.73 Å². The standard InChI is InChI=1S/C12H14F2N2OS/c1-2-5-16(7-11(15)18)12(17)9-4-3-8(13)6-10(9)14/h3-4,6H,2,5,7H2,1H3,(H2,15,18). The average Bonchev–Trinajstić information content (AvgIpc) is 2.27. The third kappa shape index (κ3) is 3.73. The third-order valence-electron chi connectivity index (χ3n) is 2.29. The van der Waals surface area contributed by atoms with Gasteiger partial charge in [0, 0.05) is 12.6 Å². The summed E-state index contributed by atoms with van der Waals surface area (Å²) in [6.45, 7) is 2.37. The van der Waals surface area contributed by atoms with E-state index >= 15 is 0 Å². The molecular weight excluding hydrogens is 258 g/mol. The lowest BCUT2D eigenvalue weighted by molar-refractivity contribution is 0.0775. The molecule has 0 heterocycles. The molecule has 1 rings (SSSR count). The van der Waals surface area contributed by atoms with Gasteiger partial charge < -0.3 is 10.6 Å². The highest BCUT2D eigenvalue weighted by Gasteiger charge is 2.19. The molecule has 0 aromatic heterocycles. The first-order valence-electron chi connectivity index (χ1n) is 5.48. The third-order valence-corrected chi connectivity index (χ3v) is 2.42. The van der Waals surface area contributed by atoms with Crippen LogP contribution >= 0.6 is 12.2 Å². The molecule has 0 aliphatic carbocycles. The van der Waals surface area contributed by atoms with E-state index in [0.29, 0.717) is 19.0 Å². The summed E-state index contributed by atoms with van der Waals surface area (Å²) in [5.41, 5.74) is 5.21. The van der Waals surface area contributed by atoms with E-state index in [0.717, 1.165) is 12.1 Å². The van der Waals surface area contributed by atoms with Gasteiger partial charge >= 0.3 is 0 Å². The van der Waals surface area contributed by atoms with E-state index in [2.05, 4.69) is 0 Å². The number of rotatable bonds is 5. The van der Waals surface area contributed by atoms with Gasteiger partial charge in [0.2, 0.25) is 0 Å². The van der Waals surface area contributed by atoms with Crippen molar-refractivity contribution >= 4 is 23.1 Å². The summed E-state index contributed by atoms with van der Waals surface area (Å²) in [7, 11) is 0. The minimum atomic E-state index is -0.885. The largest absolute Gasteiger partial charge is 0.392 e. The van der Waals surface area contributed by atoms with E-state index < -0.39 is 17.5 Å². The number of hydrogen-bond donors (Lipinski definition) is 1. The van der Waals surface area contributed by atoms with Gasteiger partial charge in [-0.05, 0) is 18.6 Å². The first-order valence-corrected chi connectivity index (χ1v) is 5.89. The maximum absolute atomic E-state index is 13.5. The number of carbonyl (C=O) groups excluding carboxylic acids is 1. The molecule has 2 N–H and O–H groups in total. The second-order valence-corrected chi connectivity index (χ2v) is 4.34. The first kappa shape index (κ1) is 14.5. The zero-order valence-corrected chi connectivity index (χ0v) is 10.8. The fourth-order valence-electron chi connectivity index (χ4n) is 1.54. The van der Waals surface area contributed by atoms with Crippen molar-refractivity contribution in [3.8, 4) is 0 Å². The van der Waals surface area contributed by atoms with Crippen LogP contribution in [0.5, 0.6) is 0 Å². The fourth-order valence-corrected chi connectivity index (χ4v) is 1.70. The lowest BCUT2D eigenvalue weighted by Crippen LogP contribution is -2.38. The van der Waals surface area contributed by atoms with Crippen LogP contribution in [0.3, 0.4) is 0 Å². The normalized spacial score (nSPS) is 10.2. The molecule has 0 saturated carbocycles. The van der Waals surface area contributed by atoms with E-state index in [1.807, 2.05) is 6.92 Å². The highest BCUT2D eigenvalue weighted by Crippen LogP contribution is 2.12. The minimum absolute atomic E-state index is 0.0822. The van der Waals surface area contributed by atoms with Crippen molar-refractivity contribution < 1.29 is 13.6 Å². The van der Waals surface area contributed by atoms with Gasteiger partial charge in [-0.3, -0.25) is 4.79 Å². The predicted molar refractivity (Wildman–Crippen MR) is 69.3 cm³/mol. The number of thiocarbonyl (C=S) groups is 1. The maximum atomic E-state index is 13.5. The molecule has 3 nitrogen and oxygen atoms in total. The Bertz CT molecular complexity index is 465. The Morgan fingerprint density at radius 2 is 2.11 bits per heavy atom. The van der Waals surface area contributed by atoms with Crippen LogP contribution in [0, 0.1) is 11.6 Å². The molecule has 0 unspecified atom stereocenters. The van der Waals surface area contributed by atoms with Crippen molar-refractivity contribution in [2.45, 2.75) is 13.3 Å². The van der Waals surface area contributed by atoms with Crippen LogP contribution in [0.2, 0.25) is 0 Å². The molecule has 0 aliphatic rings. The van der Waals surface area contributed by atoms with Gasteiger partial charge in [-0.1, -0.05) is 19.1 Å². The van der Waals surface area contributed by atoms with Crippen LogP contribution in [0.15, 0.2) is 18.2 Å². The minimum Gasteiger partial charge on any atom is -0.392 e. The average molecular weight is 272 g/mol. The smallest absolute Gasteiger partial charge is 0.257 e. The highest BCUT2D eigenvalue weighted by atomic mass is 32.1. The number of benzene rings is 1. The Labute approximate surface area is 110 Å².